The van der Waals surface area contributed by atoms with Gasteiger partial charge in [-0.3, -0.25) is 0 Å². The van der Waals surface area contributed by atoms with Gasteiger partial charge in [-0.25, -0.2) is 0 Å². The van der Waals surface area contributed by atoms with Crippen LogP contribution >= 0.6 is 24.0 Å². The lowest BCUT2D eigenvalue weighted by Gasteiger charge is -2.13. The summed E-state index contributed by atoms with van der Waals surface area (Å²) >= 11 is 5.67. The second kappa shape index (κ2) is 6.87. The first-order chi connectivity index (χ1) is 7.83. The van der Waals surface area contributed by atoms with Gasteiger partial charge < -0.3 is 10.5 Å². The van der Waals surface area contributed by atoms with Crippen LogP contribution in [0.4, 0.5) is 13.2 Å². The van der Waals surface area contributed by atoms with Crippen LogP contribution in [0.1, 0.15) is 18.0 Å². The van der Waals surface area contributed by atoms with Crippen LogP contribution in [0.25, 0.3) is 0 Å². The van der Waals surface area contributed by atoms with E-state index in [4.69, 9.17) is 17.3 Å². The lowest BCUT2D eigenvalue weighted by atomic mass is 10.0. The molecule has 2 nitrogen and oxygen atoms in total. The summed E-state index contributed by atoms with van der Waals surface area (Å²) in [5.74, 6) is -0.436. The molecule has 7 heteroatoms. The lowest BCUT2D eigenvalue weighted by Crippen LogP contribution is -2.17. The smallest absolute Gasteiger partial charge is 0.404 e. The number of alkyl halides is 3. The zero-order valence-corrected chi connectivity index (χ0v) is 10.8. The summed E-state index contributed by atoms with van der Waals surface area (Å²) in [7, 11) is 0. The predicted molar refractivity (Wildman–Crippen MR) is 67.1 cm³/mol. The summed E-state index contributed by atoms with van der Waals surface area (Å²) in [6, 6.07) is 3.61. The zero-order valence-electron chi connectivity index (χ0n) is 9.21. The van der Waals surface area contributed by atoms with Crippen LogP contribution in [-0.4, -0.2) is 6.36 Å². The van der Waals surface area contributed by atoms with Crippen LogP contribution in [0, 0.1) is 0 Å². The first-order valence-corrected chi connectivity index (χ1v) is 5.13. The summed E-state index contributed by atoms with van der Waals surface area (Å²) < 4.78 is 39.7. The monoisotopic (exact) mass is 301 g/mol. The number of halogens is 5. The highest BCUT2D eigenvalue weighted by molar-refractivity contribution is 6.32. The van der Waals surface area contributed by atoms with Crippen molar-refractivity contribution in [3.8, 4) is 5.75 Å². The average Bonchev–Trinajstić information content (AvgIpc) is 2.19. The molecule has 0 unspecified atom stereocenters. The van der Waals surface area contributed by atoms with E-state index >= 15 is 0 Å². The van der Waals surface area contributed by atoms with Crippen molar-refractivity contribution in [3.63, 3.8) is 0 Å². The van der Waals surface area contributed by atoms with Crippen LogP contribution in [0.5, 0.6) is 5.75 Å². The van der Waals surface area contributed by atoms with E-state index in [0.29, 0.717) is 12.0 Å². The van der Waals surface area contributed by atoms with Crippen molar-refractivity contribution in [1.29, 1.82) is 0 Å². The van der Waals surface area contributed by atoms with Crippen molar-refractivity contribution in [3.05, 3.63) is 41.4 Å². The molecule has 0 heterocycles. The first kappa shape index (κ1) is 17.1. The van der Waals surface area contributed by atoms with Gasteiger partial charge in [0.1, 0.15) is 5.75 Å². The quantitative estimate of drug-likeness (QED) is 0.844. The molecule has 1 aromatic rings. The SMILES string of the molecule is C=CC[C@H](N)c1ccc(OC(F)(F)F)c(Cl)c1.Cl. The van der Waals surface area contributed by atoms with Gasteiger partial charge in [0, 0.05) is 6.04 Å². The van der Waals surface area contributed by atoms with E-state index < -0.39 is 12.1 Å². The second-order valence-corrected chi connectivity index (χ2v) is 3.78. The maximum absolute atomic E-state index is 12.0. The summed E-state index contributed by atoms with van der Waals surface area (Å²) in [4.78, 5) is 0. The molecule has 1 rings (SSSR count). The molecule has 0 radical (unpaired) electrons. The minimum Gasteiger partial charge on any atom is -0.404 e. The third kappa shape index (κ3) is 5.16. The van der Waals surface area contributed by atoms with Crippen molar-refractivity contribution >= 4 is 24.0 Å². The molecule has 0 spiro atoms. The number of hydrogen-bond acceptors (Lipinski definition) is 2. The van der Waals surface area contributed by atoms with Gasteiger partial charge in [0.25, 0.3) is 0 Å². The van der Waals surface area contributed by atoms with Crippen LogP contribution in [0.3, 0.4) is 0 Å². The lowest BCUT2D eigenvalue weighted by molar-refractivity contribution is -0.274. The molecule has 0 aromatic heterocycles. The van der Waals surface area contributed by atoms with Gasteiger partial charge in [-0.15, -0.1) is 32.2 Å². The van der Waals surface area contributed by atoms with E-state index in [-0.39, 0.29) is 23.5 Å². The first-order valence-electron chi connectivity index (χ1n) is 4.75. The molecule has 0 aliphatic heterocycles. The van der Waals surface area contributed by atoms with Gasteiger partial charge in [0.2, 0.25) is 0 Å². The molecule has 1 atom stereocenters. The Labute approximate surface area is 114 Å². The van der Waals surface area contributed by atoms with E-state index in [1.807, 2.05) is 0 Å². The largest absolute Gasteiger partial charge is 0.573 e. The highest BCUT2D eigenvalue weighted by Crippen LogP contribution is 2.32. The fraction of sp³-hybridized carbons (Fsp3) is 0.273. The van der Waals surface area contributed by atoms with Gasteiger partial charge in [0.15, 0.2) is 0 Å². The Kier molecular flexibility index (Phi) is 6.52. The normalized spacial score (nSPS) is 12.5. The maximum atomic E-state index is 12.0. The molecule has 0 aliphatic carbocycles. The van der Waals surface area contributed by atoms with Crippen molar-refractivity contribution in [2.45, 2.75) is 18.8 Å². The molecule has 0 saturated carbocycles. The van der Waals surface area contributed by atoms with E-state index in [2.05, 4.69) is 11.3 Å². The molecule has 0 amide bonds. The minimum atomic E-state index is -4.76. The molecule has 2 N–H and O–H groups in total. The van der Waals surface area contributed by atoms with E-state index in [1.165, 1.54) is 12.1 Å². The van der Waals surface area contributed by atoms with Gasteiger partial charge in [-0.1, -0.05) is 23.7 Å². The topological polar surface area (TPSA) is 35.2 Å². The van der Waals surface area contributed by atoms with Crippen LogP contribution in [-0.2, 0) is 0 Å². The highest BCUT2D eigenvalue weighted by atomic mass is 35.5. The van der Waals surface area contributed by atoms with Gasteiger partial charge in [-0.2, -0.15) is 0 Å². The Hall–Kier alpha value is -0.910. The van der Waals surface area contributed by atoms with Gasteiger partial charge in [0.05, 0.1) is 5.02 Å². The van der Waals surface area contributed by atoms with Crippen LogP contribution in [0.2, 0.25) is 5.02 Å². The Morgan fingerprint density at radius 3 is 2.50 bits per heavy atom. The Morgan fingerprint density at radius 1 is 1.44 bits per heavy atom. The standard InChI is InChI=1S/C11H11ClF3NO.ClH/c1-2-3-9(16)7-4-5-10(8(12)6-7)17-11(13,14)15;/h2,4-6,9H,1,3,16H2;1H/t9-;/m0./s1. The van der Waals surface area contributed by atoms with E-state index in [1.54, 1.807) is 6.08 Å². The molecule has 102 valence electrons. The van der Waals surface area contributed by atoms with Gasteiger partial charge in [-0.05, 0) is 24.1 Å². The van der Waals surface area contributed by atoms with E-state index in [0.717, 1.165) is 6.07 Å². The molecular formula is C11H12Cl2F3NO. The van der Waals surface area contributed by atoms with E-state index in [9.17, 15) is 13.2 Å². The third-order valence-corrected chi connectivity index (χ3v) is 2.33. The number of ether oxygens (including phenoxy) is 1. The number of benzene rings is 1. The summed E-state index contributed by atoms with van der Waals surface area (Å²) in [6.07, 6.45) is -2.62. The number of hydrogen-bond donors (Lipinski definition) is 1. The average molecular weight is 302 g/mol. The molecular weight excluding hydrogens is 290 g/mol. The summed E-state index contributed by atoms with van der Waals surface area (Å²) in [5, 5.41) is -0.126. The molecule has 1 aromatic carbocycles. The Bertz CT molecular complexity index is 410. The van der Waals surface area contributed by atoms with Crippen molar-refractivity contribution < 1.29 is 17.9 Å². The second-order valence-electron chi connectivity index (χ2n) is 3.37. The highest BCUT2D eigenvalue weighted by Gasteiger charge is 2.32. The van der Waals surface area contributed by atoms with Crippen molar-refractivity contribution in [2.24, 2.45) is 5.73 Å². The Morgan fingerprint density at radius 2 is 2.06 bits per heavy atom. The molecule has 0 saturated heterocycles. The molecule has 0 fully saturated rings. The molecule has 0 bridgehead atoms. The minimum absolute atomic E-state index is 0. The third-order valence-electron chi connectivity index (χ3n) is 2.03. The predicted octanol–water partition coefficient (Wildman–Crippen LogP) is 4.24. The Balaban J connectivity index is 0.00000289. The fourth-order valence-electron chi connectivity index (χ4n) is 1.27. The molecule has 0 aliphatic rings. The van der Waals surface area contributed by atoms with Gasteiger partial charge >= 0.3 is 6.36 Å². The maximum Gasteiger partial charge on any atom is 0.573 e. The summed E-state index contributed by atoms with van der Waals surface area (Å²) in [5.41, 5.74) is 6.39. The van der Waals surface area contributed by atoms with Crippen molar-refractivity contribution in [2.75, 3.05) is 0 Å². The fourth-order valence-corrected chi connectivity index (χ4v) is 1.50. The molecule has 18 heavy (non-hydrogen) atoms. The zero-order chi connectivity index (χ0) is 13.1. The van der Waals surface area contributed by atoms with Crippen molar-refractivity contribution in [1.82, 2.24) is 0 Å². The summed E-state index contributed by atoms with van der Waals surface area (Å²) in [6.45, 7) is 3.53. The van der Waals surface area contributed by atoms with Crippen LogP contribution in [0.15, 0.2) is 30.9 Å². The van der Waals surface area contributed by atoms with Crippen LogP contribution < -0.4 is 10.5 Å². The number of rotatable bonds is 4. The number of nitrogens with two attached hydrogens (primary N) is 1.